The van der Waals surface area contributed by atoms with E-state index in [9.17, 15) is 13.2 Å². The molecular weight excluding hydrogens is 423 g/mol. The van der Waals surface area contributed by atoms with Crippen LogP contribution in [-0.4, -0.2) is 20.4 Å². The second-order valence-electron chi connectivity index (χ2n) is 5.92. The lowest BCUT2D eigenvalue weighted by atomic mass is 10.1. The minimum Gasteiger partial charge on any atom is -0.481 e. The van der Waals surface area contributed by atoms with Gasteiger partial charge >= 0.3 is 0 Å². The van der Waals surface area contributed by atoms with E-state index in [1.54, 1.807) is 12.1 Å². The Kier molecular flexibility index (Phi) is 6.10. The van der Waals surface area contributed by atoms with Gasteiger partial charge in [0, 0.05) is 0 Å². The average molecular weight is 439 g/mol. The van der Waals surface area contributed by atoms with E-state index in [1.165, 1.54) is 25.1 Å². The van der Waals surface area contributed by atoms with Gasteiger partial charge in [-0.1, -0.05) is 59.6 Å². The van der Waals surface area contributed by atoms with Crippen LogP contribution in [0.15, 0.2) is 65.6 Å². The van der Waals surface area contributed by atoms with Crippen molar-refractivity contribution in [3.8, 4) is 5.75 Å². The smallest absolute Gasteiger partial charge is 0.275 e. The molecule has 0 heterocycles. The molecule has 0 saturated heterocycles. The highest BCUT2D eigenvalue weighted by molar-refractivity contribution is 7.89. The molecule has 2 N–H and O–H groups in total. The molecule has 3 rings (SSSR count). The minimum atomic E-state index is -4.10. The quantitative estimate of drug-likeness (QED) is 0.571. The van der Waals surface area contributed by atoms with Crippen LogP contribution < -0.4 is 15.0 Å². The van der Waals surface area contributed by atoms with E-state index in [1.807, 2.05) is 35.2 Å². The highest BCUT2D eigenvalue weighted by atomic mass is 35.5. The minimum absolute atomic E-state index is 0.0869. The fourth-order valence-electron chi connectivity index (χ4n) is 2.46. The number of ether oxygens (including phenoxy) is 1. The van der Waals surface area contributed by atoms with Gasteiger partial charge in [0.2, 0.25) is 0 Å². The summed E-state index contributed by atoms with van der Waals surface area (Å²) in [5.74, 6) is -0.183. The van der Waals surface area contributed by atoms with Crippen molar-refractivity contribution in [3.63, 3.8) is 0 Å². The number of halogens is 2. The number of carbonyl (C=O) groups is 1. The predicted octanol–water partition coefficient (Wildman–Crippen LogP) is 3.92. The van der Waals surface area contributed by atoms with Crippen molar-refractivity contribution in [1.82, 2.24) is 10.3 Å². The van der Waals surface area contributed by atoms with Crippen LogP contribution in [0.2, 0.25) is 10.0 Å². The van der Waals surface area contributed by atoms with Gasteiger partial charge in [-0.2, -0.15) is 0 Å². The fraction of sp³-hybridized carbons (Fsp3) is 0.105. The Bertz CT molecular complexity index is 1140. The maximum atomic E-state index is 12.3. The Morgan fingerprint density at radius 1 is 1.00 bits per heavy atom. The van der Waals surface area contributed by atoms with Crippen LogP contribution in [-0.2, 0) is 14.8 Å². The van der Waals surface area contributed by atoms with Crippen LogP contribution in [0.5, 0.6) is 5.75 Å². The monoisotopic (exact) mass is 438 g/mol. The molecule has 28 heavy (non-hydrogen) atoms. The topological polar surface area (TPSA) is 84.5 Å². The molecule has 3 aromatic rings. The molecule has 0 fully saturated rings. The summed E-state index contributed by atoms with van der Waals surface area (Å²) in [6.07, 6.45) is -0.946. The Morgan fingerprint density at radius 3 is 2.46 bits per heavy atom. The van der Waals surface area contributed by atoms with Gasteiger partial charge in [-0.25, -0.2) is 8.42 Å². The van der Waals surface area contributed by atoms with E-state index in [4.69, 9.17) is 27.9 Å². The Hall–Kier alpha value is -2.32. The highest BCUT2D eigenvalue weighted by Gasteiger charge is 2.22. The standard InChI is InChI=1S/C19H16Cl2N2O4S/c1-12(27-15-10-9-13-5-2-3-6-14(13)11-15)19(24)22-23-28(25,26)17-8-4-7-16(20)18(17)21/h2-12,23H,1H3,(H,22,24)/t12-/m1/s1. The molecule has 1 atom stereocenters. The van der Waals surface area contributed by atoms with E-state index in [2.05, 4.69) is 5.43 Å². The molecule has 0 bridgehead atoms. The molecule has 0 aliphatic rings. The number of hydrazine groups is 1. The largest absolute Gasteiger partial charge is 0.481 e. The van der Waals surface area contributed by atoms with E-state index < -0.39 is 22.0 Å². The molecule has 0 spiro atoms. The number of rotatable bonds is 6. The summed E-state index contributed by atoms with van der Waals surface area (Å²) >= 11 is 11.8. The fourth-order valence-corrected chi connectivity index (χ4v) is 4.07. The molecule has 6 nitrogen and oxygen atoms in total. The number of amides is 1. The lowest BCUT2D eigenvalue weighted by Crippen LogP contribution is -2.47. The van der Waals surface area contributed by atoms with Crippen molar-refractivity contribution in [2.24, 2.45) is 0 Å². The molecule has 0 aliphatic carbocycles. The number of hydrogen-bond acceptors (Lipinski definition) is 4. The Labute approximate surface area is 172 Å². The average Bonchev–Trinajstić information content (AvgIpc) is 2.68. The van der Waals surface area contributed by atoms with E-state index >= 15 is 0 Å². The zero-order valence-corrected chi connectivity index (χ0v) is 17.0. The predicted molar refractivity (Wildman–Crippen MR) is 109 cm³/mol. The van der Waals surface area contributed by atoms with Crippen LogP contribution in [0, 0.1) is 0 Å². The van der Waals surface area contributed by atoms with Gasteiger partial charge in [0.05, 0.1) is 10.0 Å². The van der Waals surface area contributed by atoms with Gasteiger partial charge in [-0.05, 0) is 42.0 Å². The summed E-state index contributed by atoms with van der Waals surface area (Å²) in [6, 6.07) is 17.3. The van der Waals surface area contributed by atoms with Crippen molar-refractivity contribution in [2.45, 2.75) is 17.9 Å². The zero-order valence-electron chi connectivity index (χ0n) is 14.6. The van der Waals surface area contributed by atoms with Crippen molar-refractivity contribution in [3.05, 3.63) is 70.7 Å². The number of carbonyl (C=O) groups excluding carboxylic acids is 1. The summed E-state index contributed by atoms with van der Waals surface area (Å²) < 4.78 is 30.3. The molecule has 0 aliphatic heterocycles. The summed E-state index contributed by atoms with van der Waals surface area (Å²) in [6.45, 7) is 1.51. The highest BCUT2D eigenvalue weighted by Crippen LogP contribution is 2.28. The molecule has 1 amide bonds. The molecule has 146 valence electrons. The van der Waals surface area contributed by atoms with Crippen LogP contribution in [0.4, 0.5) is 0 Å². The SMILES string of the molecule is C[C@@H](Oc1ccc2ccccc2c1)C(=O)NNS(=O)(=O)c1cccc(Cl)c1Cl. The second-order valence-corrected chi connectivity index (χ2v) is 8.35. The Balaban J connectivity index is 1.65. The Morgan fingerprint density at radius 2 is 1.71 bits per heavy atom. The van der Waals surface area contributed by atoms with E-state index in [-0.39, 0.29) is 14.9 Å². The van der Waals surface area contributed by atoms with Crippen molar-refractivity contribution < 1.29 is 17.9 Å². The normalized spacial score (nSPS) is 12.5. The number of fused-ring (bicyclic) bond motifs is 1. The van der Waals surface area contributed by atoms with Crippen LogP contribution >= 0.6 is 23.2 Å². The third-order valence-corrected chi connectivity index (χ3v) is 6.14. The number of benzene rings is 3. The van der Waals surface area contributed by atoms with E-state index in [0.29, 0.717) is 5.75 Å². The number of nitrogens with one attached hydrogen (secondary N) is 2. The van der Waals surface area contributed by atoms with Gasteiger partial charge < -0.3 is 4.74 Å². The molecule has 0 aromatic heterocycles. The second kappa shape index (κ2) is 8.36. The van der Waals surface area contributed by atoms with Gasteiger partial charge in [0.25, 0.3) is 15.9 Å². The maximum absolute atomic E-state index is 12.3. The van der Waals surface area contributed by atoms with Gasteiger partial charge in [-0.15, -0.1) is 4.83 Å². The van der Waals surface area contributed by atoms with Crippen molar-refractivity contribution in [2.75, 3.05) is 0 Å². The van der Waals surface area contributed by atoms with Gasteiger partial charge in [0.15, 0.2) is 6.10 Å². The van der Waals surface area contributed by atoms with Gasteiger partial charge in [-0.3, -0.25) is 10.2 Å². The van der Waals surface area contributed by atoms with E-state index in [0.717, 1.165) is 10.8 Å². The molecule has 0 unspecified atom stereocenters. The molecular formula is C19H16Cl2N2O4S. The van der Waals surface area contributed by atoms with Crippen molar-refractivity contribution in [1.29, 1.82) is 0 Å². The lowest BCUT2D eigenvalue weighted by molar-refractivity contribution is -0.127. The zero-order chi connectivity index (χ0) is 20.3. The third kappa shape index (κ3) is 4.56. The summed E-state index contributed by atoms with van der Waals surface area (Å²) in [4.78, 5) is 14.0. The van der Waals surface area contributed by atoms with Crippen molar-refractivity contribution >= 4 is 49.9 Å². The van der Waals surface area contributed by atoms with Crippen LogP contribution in [0.1, 0.15) is 6.92 Å². The first kappa shape index (κ1) is 20.4. The summed E-state index contributed by atoms with van der Waals surface area (Å²) in [5.41, 5.74) is 2.12. The first-order chi connectivity index (χ1) is 13.3. The molecule has 9 heteroatoms. The number of sulfonamides is 1. The van der Waals surface area contributed by atoms with Crippen LogP contribution in [0.25, 0.3) is 10.8 Å². The molecule has 0 saturated carbocycles. The first-order valence-corrected chi connectivity index (χ1v) is 10.4. The van der Waals surface area contributed by atoms with Crippen LogP contribution in [0.3, 0.4) is 0 Å². The number of hydrogen-bond donors (Lipinski definition) is 2. The maximum Gasteiger partial charge on any atom is 0.275 e. The summed E-state index contributed by atoms with van der Waals surface area (Å²) in [5, 5.41) is 1.96. The summed E-state index contributed by atoms with van der Waals surface area (Å²) in [7, 11) is -4.10. The third-order valence-electron chi connectivity index (χ3n) is 3.92. The molecule has 0 radical (unpaired) electrons. The molecule has 3 aromatic carbocycles. The lowest BCUT2D eigenvalue weighted by Gasteiger charge is -2.16. The van der Waals surface area contributed by atoms with Gasteiger partial charge in [0.1, 0.15) is 10.6 Å². The first-order valence-electron chi connectivity index (χ1n) is 8.19.